The Morgan fingerprint density at radius 1 is 1.07 bits per heavy atom. The molecule has 0 aliphatic carbocycles. The van der Waals surface area contributed by atoms with E-state index in [-0.39, 0.29) is 12.2 Å². The van der Waals surface area contributed by atoms with Gasteiger partial charge in [-0.3, -0.25) is 9.59 Å². The molecule has 8 nitrogen and oxygen atoms in total. The SMILES string of the molecule is COC(=O)[C@H](CC(=O)c1ccc(Br)cc1)NC(=O)[C@H](C)NC(=O)OC(C)(C)C. The Labute approximate surface area is 172 Å². The predicted octanol–water partition coefficient (Wildman–Crippen LogP) is 2.59. The lowest BCUT2D eigenvalue weighted by molar-refractivity contribution is -0.145. The number of halogens is 1. The first kappa shape index (κ1) is 23.6. The van der Waals surface area contributed by atoms with Crippen LogP contribution in [-0.4, -0.2) is 48.5 Å². The van der Waals surface area contributed by atoms with Crippen molar-refractivity contribution in [2.45, 2.75) is 51.8 Å². The quantitative estimate of drug-likeness (QED) is 0.481. The maximum atomic E-state index is 12.4. The fraction of sp³-hybridized carbons (Fsp3) is 0.474. The zero-order valence-corrected chi connectivity index (χ0v) is 18.1. The monoisotopic (exact) mass is 456 g/mol. The van der Waals surface area contributed by atoms with Crippen molar-refractivity contribution in [2.75, 3.05) is 7.11 Å². The van der Waals surface area contributed by atoms with Crippen LogP contribution >= 0.6 is 15.9 Å². The van der Waals surface area contributed by atoms with E-state index in [1.807, 2.05) is 0 Å². The number of ether oxygens (including phenoxy) is 2. The summed E-state index contributed by atoms with van der Waals surface area (Å²) in [5, 5.41) is 4.81. The molecule has 2 amide bonds. The molecule has 0 heterocycles. The van der Waals surface area contributed by atoms with Crippen molar-refractivity contribution < 1.29 is 28.7 Å². The molecule has 0 aliphatic rings. The van der Waals surface area contributed by atoms with E-state index in [2.05, 4.69) is 31.3 Å². The van der Waals surface area contributed by atoms with Gasteiger partial charge in [0.15, 0.2) is 5.78 Å². The van der Waals surface area contributed by atoms with Gasteiger partial charge >= 0.3 is 12.1 Å². The highest BCUT2D eigenvalue weighted by atomic mass is 79.9. The summed E-state index contributed by atoms with van der Waals surface area (Å²) in [5.41, 5.74) is -0.322. The average molecular weight is 457 g/mol. The number of hydrogen-bond acceptors (Lipinski definition) is 6. The van der Waals surface area contributed by atoms with E-state index >= 15 is 0 Å². The summed E-state index contributed by atoms with van der Waals surface area (Å²) in [7, 11) is 1.16. The van der Waals surface area contributed by atoms with Gasteiger partial charge in [-0.15, -0.1) is 0 Å². The number of esters is 1. The number of carbonyl (C=O) groups excluding carboxylic acids is 4. The van der Waals surface area contributed by atoms with Crippen LogP contribution in [0.1, 0.15) is 44.5 Å². The van der Waals surface area contributed by atoms with Gasteiger partial charge in [-0.25, -0.2) is 9.59 Å². The van der Waals surface area contributed by atoms with Gasteiger partial charge in [-0.05, 0) is 39.8 Å². The minimum absolute atomic E-state index is 0.279. The third-order valence-corrected chi connectivity index (χ3v) is 4.01. The third-order valence-electron chi connectivity index (χ3n) is 3.48. The minimum atomic E-state index is -1.18. The van der Waals surface area contributed by atoms with E-state index in [9.17, 15) is 19.2 Å². The van der Waals surface area contributed by atoms with Crippen LogP contribution in [0.25, 0.3) is 0 Å². The van der Waals surface area contributed by atoms with E-state index in [0.29, 0.717) is 5.56 Å². The number of benzene rings is 1. The second kappa shape index (κ2) is 10.2. The fourth-order valence-electron chi connectivity index (χ4n) is 2.12. The minimum Gasteiger partial charge on any atom is -0.467 e. The molecule has 0 spiro atoms. The van der Waals surface area contributed by atoms with Crippen LogP contribution in [0.4, 0.5) is 4.79 Å². The van der Waals surface area contributed by atoms with Crippen molar-refractivity contribution >= 4 is 39.7 Å². The highest BCUT2D eigenvalue weighted by molar-refractivity contribution is 9.10. The summed E-state index contributed by atoms with van der Waals surface area (Å²) >= 11 is 3.28. The third kappa shape index (κ3) is 8.08. The topological polar surface area (TPSA) is 111 Å². The largest absolute Gasteiger partial charge is 0.467 e. The van der Waals surface area contributed by atoms with Crippen LogP contribution in [0.3, 0.4) is 0 Å². The van der Waals surface area contributed by atoms with Crippen LogP contribution in [0.5, 0.6) is 0 Å². The van der Waals surface area contributed by atoms with Crippen molar-refractivity contribution in [2.24, 2.45) is 0 Å². The molecule has 2 N–H and O–H groups in total. The van der Waals surface area contributed by atoms with Crippen LogP contribution in [-0.2, 0) is 19.1 Å². The number of methoxy groups -OCH3 is 1. The molecule has 0 aliphatic heterocycles. The van der Waals surface area contributed by atoms with Crippen LogP contribution in [0, 0.1) is 0 Å². The zero-order valence-electron chi connectivity index (χ0n) is 16.5. The Morgan fingerprint density at radius 2 is 1.64 bits per heavy atom. The zero-order chi connectivity index (χ0) is 21.5. The molecule has 28 heavy (non-hydrogen) atoms. The van der Waals surface area contributed by atoms with E-state index < -0.39 is 35.7 Å². The Kier molecular flexibility index (Phi) is 8.62. The summed E-state index contributed by atoms with van der Waals surface area (Å²) in [4.78, 5) is 48.5. The molecule has 0 radical (unpaired) electrons. The first-order valence-corrected chi connectivity index (χ1v) is 9.38. The molecule has 0 saturated carbocycles. The molecule has 0 unspecified atom stereocenters. The van der Waals surface area contributed by atoms with Crippen molar-refractivity contribution in [1.82, 2.24) is 10.6 Å². The van der Waals surface area contributed by atoms with Crippen LogP contribution in [0.15, 0.2) is 28.7 Å². The van der Waals surface area contributed by atoms with Crippen molar-refractivity contribution in [3.63, 3.8) is 0 Å². The number of rotatable bonds is 7. The molecule has 1 aromatic rings. The first-order chi connectivity index (χ1) is 12.9. The maximum absolute atomic E-state index is 12.4. The molecule has 1 rings (SSSR count). The Balaban J connectivity index is 2.75. The molecule has 0 fully saturated rings. The molecule has 154 valence electrons. The Hall–Kier alpha value is -2.42. The van der Waals surface area contributed by atoms with Crippen LogP contribution in [0.2, 0.25) is 0 Å². The smallest absolute Gasteiger partial charge is 0.408 e. The van der Waals surface area contributed by atoms with E-state index in [0.717, 1.165) is 11.6 Å². The second-order valence-corrected chi connectivity index (χ2v) is 8.00. The Morgan fingerprint density at radius 3 is 2.14 bits per heavy atom. The standard InChI is InChI=1S/C19H25BrN2O6/c1-11(21-18(26)28-19(2,3)4)16(24)22-14(17(25)27-5)10-15(23)12-6-8-13(20)9-7-12/h6-9,11,14H,10H2,1-5H3,(H,21,26)(H,22,24)/t11-,14-/m0/s1. The predicted molar refractivity (Wildman–Crippen MR) is 106 cm³/mol. The second-order valence-electron chi connectivity index (χ2n) is 7.09. The number of alkyl carbamates (subject to hydrolysis) is 1. The molecule has 9 heteroatoms. The number of Topliss-reactive ketones (excluding diaryl/α,β-unsaturated/α-hetero) is 1. The van der Waals surface area contributed by atoms with Crippen molar-refractivity contribution in [3.8, 4) is 0 Å². The van der Waals surface area contributed by atoms with Gasteiger partial charge in [-0.2, -0.15) is 0 Å². The van der Waals surface area contributed by atoms with Crippen molar-refractivity contribution in [3.05, 3.63) is 34.3 Å². The molecule has 0 bridgehead atoms. The maximum Gasteiger partial charge on any atom is 0.408 e. The first-order valence-electron chi connectivity index (χ1n) is 8.59. The summed E-state index contributed by atoms with van der Waals surface area (Å²) in [5.74, 6) is -1.75. The summed E-state index contributed by atoms with van der Waals surface area (Å²) in [6.45, 7) is 6.51. The number of nitrogens with one attached hydrogen (secondary N) is 2. The number of ketones is 1. The molecule has 0 aromatic heterocycles. The van der Waals surface area contributed by atoms with E-state index in [1.54, 1.807) is 45.0 Å². The normalized spacial score (nSPS) is 13.1. The van der Waals surface area contributed by atoms with E-state index in [1.165, 1.54) is 6.92 Å². The molecular weight excluding hydrogens is 432 g/mol. The van der Waals surface area contributed by atoms with Gasteiger partial charge in [-0.1, -0.05) is 28.1 Å². The molecule has 2 atom stereocenters. The molecule has 1 aromatic carbocycles. The van der Waals surface area contributed by atoms with Gasteiger partial charge in [0.1, 0.15) is 17.7 Å². The summed E-state index contributed by atoms with van der Waals surface area (Å²) in [6, 6.07) is 4.45. The lowest BCUT2D eigenvalue weighted by Crippen LogP contribution is -2.51. The highest BCUT2D eigenvalue weighted by Gasteiger charge is 2.28. The van der Waals surface area contributed by atoms with Crippen molar-refractivity contribution in [1.29, 1.82) is 0 Å². The van der Waals surface area contributed by atoms with Gasteiger partial charge < -0.3 is 20.1 Å². The fourth-order valence-corrected chi connectivity index (χ4v) is 2.39. The number of amides is 2. The molecular formula is C19H25BrN2O6. The Bertz CT molecular complexity index is 727. The lowest BCUT2D eigenvalue weighted by atomic mass is 10.0. The number of hydrogen-bond donors (Lipinski definition) is 2. The number of carbonyl (C=O) groups is 4. The average Bonchev–Trinajstić information content (AvgIpc) is 2.58. The van der Waals surface area contributed by atoms with E-state index in [4.69, 9.17) is 4.74 Å². The van der Waals surface area contributed by atoms with Gasteiger partial charge in [0.05, 0.1) is 7.11 Å². The highest BCUT2D eigenvalue weighted by Crippen LogP contribution is 2.13. The summed E-state index contributed by atoms with van der Waals surface area (Å²) < 4.78 is 10.6. The van der Waals surface area contributed by atoms with Gasteiger partial charge in [0.25, 0.3) is 0 Å². The van der Waals surface area contributed by atoms with Crippen LogP contribution < -0.4 is 10.6 Å². The molecule has 0 saturated heterocycles. The summed E-state index contributed by atoms with van der Waals surface area (Å²) in [6.07, 6.45) is -1.05. The lowest BCUT2D eigenvalue weighted by Gasteiger charge is -2.23. The van der Waals surface area contributed by atoms with Gasteiger partial charge in [0.2, 0.25) is 5.91 Å². The van der Waals surface area contributed by atoms with Gasteiger partial charge in [0, 0.05) is 16.5 Å².